The van der Waals surface area contributed by atoms with Crippen molar-refractivity contribution < 1.29 is 9.53 Å². The van der Waals surface area contributed by atoms with Gasteiger partial charge in [0.2, 0.25) is 0 Å². The first-order valence-electron chi connectivity index (χ1n) is 10.6. The molecule has 2 aromatic heterocycles. The summed E-state index contributed by atoms with van der Waals surface area (Å²) in [6, 6.07) is 21.8. The summed E-state index contributed by atoms with van der Waals surface area (Å²) in [5.74, 6) is 0.246. The number of nitrogens with zero attached hydrogens (tertiary/aromatic N) is 2. The van der Waals surface area contributed by atoms with E-state index in [0.717, 1.165) is 21.6 Å². The van der Waals surface area contributed by atoms with Gasteiger partial charge in [-0.3, -0.25) is 4.68 Å². The fraction of sp³-hybridized carbons (Fsp3) is 0.160. The molecule has 0 atom stereocenters. The van der Waals surface area contributed by atoms with Crippen LogP contribution >= 0.6 is 23.6 Å². The van der Waals surface area contributed by atoms with Crippen LogP contribution in [0.4, 0.5) is 10.8 Å². The van der Waals surface area contributed by atoms with Crippen LogP contribution in [0.25, 0.3) is 11.1 Å². The average molecular weight is 477 g/mol. The molecule has 0 unspecified atom stereocenters. The van der Waals surface area contributed by atoms with Gasteiger partial charge in [0.05, 0.1) is 13.2 Å². The van der Waals surface area contributed by atoms with Gasteiger partial charge in [-0.15, -0.1) is 11.3 Å². The minimum absolute atomic E-state index is 0.295. The number of aromatic nitrogens is 2. The molecular weight excluding hydrogens is 452 g/mol. The van der Waals surface area contributed by atoms with Crippen molar-refractivity contribution in [3.63, 3.8) is 0 Å². The molecule has 0 saturated carbocycles. The van der Waals surface area contributed by atoms with Crippen molar-refractivity contribution in [3.8, 4) is 11.1 Å². The van der Waals surface area contributed by atoms with Gasteiger partial charge in [0, 0.05) is 22.7 Å². The topological polar surface area (TPSA) is 68.2 Å². The van der Waals surface area contributed by atoms with E-state index in [-0.39, 0.29) is 5.97 Å². The molecule has 0 spiro atoms. The molecule has 2 aromatic carbocycles. The molecule has 0 aliphatic carbocycles. The van der Waals surface area contributed by atoms with Gasteiger partial charge in [0.25, 0.3) is 0 Å². The Bertz CT molecular complexity index is 1250. The summed E-state index contributed by atoms with van der Waals surface area (Å²) in [5.41, 5.74) is 3.47. The Kier molecular flexibility index (Phi) is 7.16. The number of carbonyl (C=O) groups is 1. The van der Waals surface area contributed by atoms with Crippen LogP contribution in [0.15, 0.2) is 72.9 Å². The molecule has 0 aliphatic rings. The highest BCUT2D eigenvalue weighted by Gasteiger charge is 2.25. The van der Waals surface area contributed by atoms with Crippen molar-refractivity contribution in [2.24, 2.45) is 0 Å². The zero-order valence-corrected chi connectivity index (χ0v) is 20.0. The Balaban J connectivity index is 1.53. The molecule has 2 N–H and O–H groups in total. The summed E-state index contributed by atoms with van der Waals surface area (Å²) in [6.45, 7) is 4.75. The zero-order chi connectivity index (χ0) is 23.2. The molecule has 0 saturated heterocycles. The highest BCUT2D eigenvalue weighted by molar-refractivity contribution is 7.80. The largest absolute Gasteiger partial charge is 0.462 e. The highest BCUT2D eigenvalue weighted by Crippen LogP contribution is 2.40. The lowest BCUT2D eigenvalue weighted by Gasteiger charge is -2.11. The minimum Gasteiger partial charge on any atom is -0.462 e. The van der Waals surface area contributed by atoms with Crippen LogP contribution < -0.4 is 10.6 Å². The first-order chi connectivity index (χ1) is 16.0. The number of aryl methyl sites for hydroxylation is 1. The number of ether oxygens (including phenoxy) is 1. The number of nitrogens with one attached hydrogen (secondary N) is 2. The van der Waals surface area contributed by atoms with E-state index >= 15 is 0 Å². The first kappa shape index (κ1) is 22.7. The van der Waals surface area contributed by atoms with Gasteiger partial charge in [-0.25, -0.2) is 4.79 Å². The SMILES string of the molecule is CCOC(=O)c1c(NC(=S)Nc2ccn(Cc3ccccc3)n2)sc(C)c1-c1ccccc1. The quantitative estimate of drug-likeness (QED) is 0.254. The van der Waals surface area contributed by atoms with Crippen LogP contribution in [-0.2, 0) is 11.3 Å². The Morgan fingerprint density at radius 3 is 2.45 bits per heavy atom. The number of hydrogen-bond acceptors (Lipinski definition) is 5. The van der Waals surface area contributed by atoms with E-state index in [9.17, 15) is 4.79 Å². The van der Waals surface area contributed by atoms with Gasteiger partial charge in [0.15, 0.2) is 10.9 Å². The van der Waals surface area contributed by atoms with Gasteiger partial charge in [-0.05, 0) is 37.2 Å². The van der Waals surface area contributed by atoms with Crippen LogP contribution in [0.5, 0.6) is 0 Å². The number of esters is 1. The molecular formula is C25H24N4O2S2. The zero-order valence-electron chi connectivity index (χ0n) is 18.4. The molecule has 0 bridgehead atoms. The van der Waals surface area contributed by atoms with E-state index in [1.54, 1.807) is 6.92 Å². The number of benzene rings is 2. The molecule has 4 aromatic rings. The predicted octanol–water partition coefficient (Wildman–Crippen LogP) is 5.95. The Morgan fingerprint density at radius 2 is 1.76 bits per heavy atom. The molecule has 4 rings (SSSR count). The Morgan fingerprint density at radius 1 is 1.06 bits per heavy atom. The summed E-state index contributed by atoms with van der Waals surface area (Å²) in [4.78, 5) is 13.9. The van der Waals surface area contributed by atoms with E-state index in [1.807, 2.05) is 72.4 Å². The van der Waals surface area contributed by atoms with Crippen molar-refractivity contribution >= 4 is 45.5 Å². The highest BCUT2D eigenvalue weighted by atomic mass is 32.1. The van der Waals surface area contributed by atoms with Gasteiger partial charge in [-0.1, -0.05) is 60.7 Å². The summed E-state index contributed by atoms with van der Waals surface area (Å²) in [5, 5.41) is 11.8. The fourth-order valence-electron chi connectivity index (χ4n) is 3.52. The van der Waals surface area contributed by atoms with Crippen LogP contribution in [0.2, 0.25) is 0 Å². The molecule has 0 amide bonds. The maximum Gasteiger partial charge on any atom is 0.341 e. The molecule has 2 heterocycles. The number of hydrogen-bond donors (Lipinski definition) is 2. The van der Waals surface area contributed by atoms with Gasteiger partial charge in [-0.2, -0.15) is 5.10 Å². The maximum absolute atomic E-state index is 12.9. The lowest BCUT2D eigenvalue weighted by Crippen LogP contribution is -2.20. The Labute approximate surface area is 202 Å². The third-order valence-electron chi connectivity index (χ3n) is 4.92. The normalized spacial score (nSPS) is 10.6. The molecule has 0 aliphatic heterocycles. The van der Waals surface area contributed by atoms with Gasteiger partial charge in [0.1, 0.15) is 10.6 Å². The third kappa shape index (κ3) is 5.47. The van der Waals surface area contributed by atoms with Crippen LogP contribution in [-0.4, -0.2) is 27.5 Å². The van der Waals surface area contributed by atoms with Crippen molar-refractivity contribution in [1.82, 2.24) is 9.78 Å². The number of thiocarbonyl (C=S) groups is 1. The second kappa shape index (κ2) is 10.4. The third-order valence-corrected chi connectivity index (χ3v) is 6.15. The first-order valence-corrected chi connectivity index (χ1v) is 11.8. The predicted molar refractivity (Wildman–Crippen MR) is 138 cm³/mol. The standard InChI is InChI=1S/C25H24N4O2S2/c1-3-31-24(30)22-21(19-12-8-5-9-13-19)17(2)33-23(22)27-25(32)26-20-14-15-29(28-20)16-18-10-6-4-7-11-18/h4-15H,3,16H2,1-2H3,(H2,26,27,28,32). The summed E-state index contributed by atoms with van der Waals surface area (Å²) < 4.78 is 7.19. The van der Waals surface area contributed by atoms with E-state index < -0.39 is 0 Å². The smallest absolute Gasteiger partial charge is 0.341 e. The van der Waals surface area contributed by atoms with E-state index in [4.69, 9.17) is 17.0 Å². The maximum atomic E-state index is 12.9. The van der Waals surface area contributed by atoms with E-state index in [2.05, 4.69) is 27.9 Å². The monoisotopic (exact) mass is 476 g/mol. The van der Waals surface area contributed by atoms with Gasteiger partial charge < -0.3 is 15.4 Å². The van der Waals surface area contributed by atoms with Crippen LogP contribution in [0.3, 0.4) is 0 Å². The average Bonchev–Trinajstić information content (AvgIpc) is 3.38. The van der Waals surface area contributed by atoms with Crippen LogP contribution in [0.1, 0.15) is 27.7 Å². The molecule has 0 fully saturated rings. The second-order valence-corrected chi connectivity index (χ2v) is 8.92. The van der Waals surface area contributed by atoms with E-state index in [1.165, 1.54) is 11.3 Å². The van der Waals surface area contributed by atoms with Gasteiger partial charge >= 0.3 is 5.97 Å². The van der Waals surface area contributed by atoms with Crippen molar-refractivity contribution in [3.05, 3.63) is 88.9 Å². The molecule has 0 radical (unpaired) electrons. The second-order valence-electron chi connectivity index (χ2n) is 7.29. The number of carbonyl (C=O) groups excluding carboxylic acids is 1. The summed E-state index contributed by atoms with van der Waals surface area (Å²) in [7, 11) is 0. The molecule has 6 nitrogen and oxygen atoms in total. The number of thiophene rings is 1. The Hall–Kier alpha value is -3.49. The fourth-order valence-corrected chi connectivity index (χ4v) is 4.86. The van der Waals surface area contributed by atoms with Crippen molar-refractivity contribution in [1.29, 1.82) is 0 Å². The van der Waals surface area contributed by atoms with E-state index in [0.29, 0.717) is 34.6 Å². The molecule has 33 heavy (non-hydrogen) atoms. The summed E-state index contributed by atoms with van der Waals surface area (Å²) >= 11 is 6.99. The van der Waals surface area contributed by atoms with Crippen molar-refractivity contribution in [2.45, 2.75) is 20.4 Å². The van der Waals surface area contributed by atoms with Crippen LogP contribution in [0, 0.1) is 6.92 Å². The van der Waals surface area contributed by atoms with Crippen molar-refractivity contribution in [2.75, 3.05) is 17.2 Å². The molecule has 168 valence electrons. The lowest BCUT2D eigenvalue weighted by atomic mass is 10.0. The lowest BCUT2D eigenvalue weighted by molar-refractivity contribution is 0.0529. The molecule has 8 heteroatoms. The minimum atomic E-state index is -0.377. The summed E-state index contributed by atoms with van der Waals surface area (Å²) in [6.07, 6.45) is 1.89. The number of anilines is 2. The number of rotatable bonds is 7.